The molecular formula is C17H27NO2S2. The number of rotatable bonds is 3. The van der Waals surface area contributed by atoms with Crippen LogP contribution in [-0.4, -0.2) is 40.7 Å². The minimum Gasteiger partial charge on any atom is -0.376 e. The molecule has 4 rings (SSSR count). The molecule has 4 fully saturated rings. The second-order valence-electron chi connectivity index (χ2n) is 7.29. The Morgan fingerprint density at radius 3 is 2.45 bits per heavy atom. The van der Waals surface area contributed by atoms with Crippen LogP contribution in [0.15, 0.2) is 0 Å². The van der Waals surface area contributed by atoms with Crippen molar-refractivity contribution in [2.24, 2.45) is 17.8 Å². The zero-order valence-electron chi connectivity index (χ0n) is 13.2. The molecule has 5 heteroatoms. The van der Waals surface area contributed by atoms with Gasteiger partial charge in [-0.1, -0.05) is 6.42 Å². The number of carbonyl (C=O) groups excluding carboxylic acids is 1. The molecule has 1 N–H and O–H groups in total. The first-order valence-electron chi connectivity index (χ1n) is 8.95. The van der Waals surface area contributed by atoms with Crippen LogP contribution in [0.2, 0.25) is 0 Å². The number of ether oxygens (including phenoxy) is 1. The summed E-state index contributed by atoms with van der Waals surface area (Å²) in [5.41, 5.74) is 0. The van der Waals surface area contributed by atoms with Crippen molar-refractivity contribution < 1.29 is 9.53 Å². The summed E-state index contributed by atoms with van der Waals surface area (Å²) < 4.78 is 6.10. The molecule has 0 aromatic heterocycles. The predicted molar refractivity (Wildman–Crippen MR) is 93.2 cm³/mol. The number of thioether (sulfide) groups is 2. The molecule has 2 aliphatic heterocycles. The molecule has 0 aromatic carbocycles. The minimum absolute atomic E-state index is 0.254. The third kappa shape index (κ3) is 2.82. The van der Waals surface area contributed by atoms with Crippen molar-refractivity contribution >= 4 is 29.4 Å². The van der Waals surface area contributed by atoms with Gasteiger partial charge in [0.15, 0.2) is 0 Å². The van der Waals surface area contributed by atoms with Crippen molar-refractivity contribution in [3.05, 3.63) is 0 Å². The van der Waals surface area contributed by atoms with Gasteiger partial charge in [-0.15, -0.1) is 23.5 Å². The molecule has 4 atom stereocenters. The van der Waals surface area contributed by atoms with E-state index in [9.17, 15) is 4.79 Å². The Balaban J connectivity index is 1.37. The van der Waals surface area contributed by atoms with Crippen LogP contribution < -0.4 is 5.32 Å². The zero-order chi connectivity index (χ0) is 15.0. The maximum atomic E-state index is 12.6. The summed E-state index contributed by atoms with van der Waals surface area (Å²) >= 11 is 4.43. The standard InChI is InChI=1S/C17H27NO2S2/c19-16(18-11-15-5-2-6-20-15)12-9-13-3-1-4-14(10-12)17(13)21-7-8-22-17/h12-15H,1-11H2,(H,18,19)/t12?,13-,14+,15-/m1/s1. The Labute approximate surface area is 142 Å². The average molecular weight is 342 g/mol. The van der Waals surface area contributed by atoms with Crippen molar-refractivity contribution in [1.29, 1.82) is 0 Å². The van der Waals surface area contributed by atoms with Gasteiger partial charge in [0.25, 0.3) is 0 Å². The van der Waals surface area contributed by atoms with Crippen molar-refractivity contribution in [1.82, 2.24) is 5.32 Å². The fraction of sp³-hybridized carbons (Fsp3) is 0.941. The van der Waals surface area contributed by atoms with Crippen LogP contribution in [-0.2, 0) is 9.53 Å². The van der Waals surface area contributed by atoms with E-state index >= 15 is 0 Å². The highest BCUT2D eigenvalue weighted by molar-refractivity contribution is 8.21. The summed E-state index contributed by atoms with van der Waals surface area (Å²) in [5.74, 6) is 4.70. The SMILES string of the molecule is O=C(NC[C@H]1CCCO1)C1C[C@H]2CCC[C@@H](C1)C21SCCS1. The summed E-state index contributed by atoms with van der Waals surface area (Å²) in [5, 5.41) is 3.19. The molecule has 2 heterocycles. The summed E-state index contributed by atoms with van der Waals surface area (Å²) in [4.78, 5) is 12.6. The van der Waals surface area contributed by atoms with Crippen molar-refractivity contribution in [3.8, 4) is 0 Å². The van der Waals surface area contributed by atoms with E-state index in [1.165, 1.54) is 30.8 Å². The van der Waals surface area contributed by atoms with Gasteiger partial charge in [0.1, 0.15) is 0 Å². The third-order valence-electron chi connectivity index (χ3n) is 6.02. The van der Waals surface area contributed by atoms with Gasteiger partial charge in [-0.2, -0.15) is 0 Å². The van der Waals surface area contributed by atoms with Crippen LogP contribution in [0.25, 0.3) is 0 Å². The Morgan fingerprint density at radius 1 is 1.09 bits per heavy atom. The number of hydrogen-bond donors (Lipinski definition) is 1. The van der Waals surface area contributed by atoms with Gasteiger partial charge in [-0.05, 0) is 50.4 Å². The molecule has 0 radical (unpaired) electrons. The maximum absolute atomic E-state index is 12.6. The van der Waals surface area contributed by atoms with Gasteiger partial charge in [-0.3, -0.25) is 4.79 Å². The fourth-order valence-electron chi connectivity index (χ4n) is 4.99. The molecule has 1 spiro atoms. The van der Waals surface area contributed by atoms with Crippen LogP contribution >= 0.6 is 23.5 Å². The third-order valence-corrected chi connectivity index (χ3v) is 10.0. The number of carbonyl (C=O) groups is 1. The first kappa shape index (κ1) is 15.6. The van der Waals surface area contributed by atoms with Crippen LogP contribution in [0.1, 0.15) is 44.9 Å². The lowest BCUT2D eigenvalue weighted by molar-refractivity contribution is -0.128. The fourth-order valence-corrected chi connectivity index (χ4v) is 8.92. The second-order valence-corrected chi connectivity index (χ2v) is 10.3. The monoisotopic (exact) mass is 341 g/mol. The highest BCUT2D eigenvalue weighted by atomic mass is 32.2. The van der Waals surface area contributed by atoms with E-state index in [1.807, 2.05) is 0 Å². The summed E-state index contributed by atoms with van der Waals surface area (Å²) in [6.07, 6.45) is 8.80. The maximum Gasteiger partial charge on any atom is 0.223 e. The van der Waals surface area contributed by atoms with Gasteiger partial charge >= 0.3 is 0 Å². The highest BCUT2D eigenvalue weighted by Gasteiger charge is 2.55. The topological polar surface area (TPSA) is 38.3 Å². The van der Waals surface area contributed by atoms with Crippen molar-refractivity contribution in [2.45, 2.75) is 55.1 Å². The normalized spacial score (nSPS) is 40.0. The van der Waals surface area contributed by atoms with Crippen LogP contribution in [0, 0.1) is 17.8 Å². The van der Waals surface area contributed by atoms with Crippen molar-refractivity contribution in [3.63, 3.8) is 0 Å². The van der Waals surface area contributed by atoms with Crippen LogP contribution in [0.3, 0.4) is 0 Å². The van der Waals surface area contributed by atoms with Gasteiger partial charge in [0.2, 0.25) is 5.91 Å². The average Bonchev–Trinajstić information content (AvgIpc) is 3.17. The minimum atomic E-state index is 0.254. The Morgan fingerprint density at radius 2 is 1.82 bits per heavy atom. The summed E-state index contributed by atoms with van der Waals surface area (Å²) in [7, 11) is 0. The zero-order valence-corrected chi connectivity index (χ0v) is 14.9. The number of hydrogen-bond acceptors (Lipinski definition) is 4. The van der Waals surface area contributed by atoms with Crippen LogP contribution in [0.4, 0.5) is 0 Å². The number of nitrogens with one attached hydrogen (secondary N) is 1. The van der Waals surface area contributed by atoms with E-state index in [2.05, 4.69) is 28.8 Å². The molecule has 2 saturated carbocycles. The Hall–Kier alpha value is 0.130. The van der Waals surface area contributed by atoms with E-state index < -0.39 is 0 Å². The largest absolute Gasteiger partial charge is 0.376 e. The van der Waals surface area contributed by atoms with Gasteiger partial charge in [0, 0.05) is 30.6 Å². The summed E-state index contributed by atoms with van der Waals surface area (Å²) in [6.45, 7) is 1.59. The Bertz CT molecular complexity index is 403. The van der Waals surface area contributed by atoms with E-state index in [4.69, 9.17) is 4.74 Å². The molecule has 2 aliphatic carbocycles. The van der Waals surface area contributed by atoms with Crippen molar-refractivity contribution in [2.75, 3.05) is 24.7 Å². The lowest BCUT2D eigenvalue weighted by Crippen LogP contribution is -2.50. The van der Waals surface area contributed by atoms with E-state index in [0.29, 0.717) is 9.99 Å². The highest BCUT2D eigenvalue weighted by Crippen LogP contribution is 2.64. The molecule has 2 saturated heterocycles. The van der Waals surface area contributed by atoms with E-state index in [-0.39, 0.29) is 12.0 Å². The molecule has 1 amide bonds. The molecule has 1 unspecified atom stereocenters. The number of amides is 1. The first-order valence-corrected chi connectivity index (χ1v) is 10.9. The molecule has 3 nitrogen and oxygen atoms in total. The lowest BCUT2D eigenvalue weighted by atomic mass is 9.67. The molecule has 4 aliphatic rings. The molecule has 2 bridgehead atoms. The van der Waals surface area contributed by atoms with Crippen LogP contribution in [0.5, 0.6) is 0 Å². The smallest absolute Gasteiger partial charge is 0.223 e. The molecular weight excluding hydrogens is 314 g/mol. The van der Waals surface area contributed by atoms with Gasteiger partial charge < -0.3 is 10.1 Å². The first-order chi connectivity index (χ1) is 10.8. The van der Waals surface area contributed by atoms with E-state index in [0.717, 1.165) is 50.7 Å². The predicted octanol–water partition coefficient (Wildman–Crippen LogP) is 3.28. The second kappa shape index (κ2) is 6.56. The molecule has 0 aromatic rings. The Kier molecular flexibility index (Phi) is 4.66. The molecule has 124 valence electrons. The van der Waals surface area contributed by atoms with Gasteiger partial charge in [0.05, 0.1) is 10.2 Å². The quantitative estimate of drug-likeness (QED) is 0.855. The van der Waals surface area contributed by atoms with Gasteiger partial charge in [-0.25, -0.2) is 0 Å². The lowest BCUT2D eigenvalue weighted by Gasteiger charge is -2.52. The molecule has 22 heavy (non-hydrogen) atoms. The summed E-state index contributed by atoms with van der Waals surface area (Å²) in [6, 6.07) is 0. The van der Waals surface area contributed by atoms with E-state index in [1.54, 1.807) is 0 Å².